The zero-order valence-electron chi connectivity index (χ0n) is 13.1. The minimum Gasteiger partial charge on any atom is -0.388 e. The maximum absolute atomic E-state index is 4.33. The standard InChI is InChI=1S/C19H20N4/c1-20-16-8-6-10-18(14-16)22-12-4-3-5-13-23-19-11-7-9-17(15-19)21-2/h3-15,21,23H,1H2,2H3. The molecule has 0 spiro atoms. The molecule has 116 valence electrons. The fraction of sp³-hybridized carbons (Fsp3) is 0.0526. The van der Waals surface area contributed by atoms with Crippen molar-refractivity contribution in [1.29, 1.82) is 0 Å². The van der Waals surface area contributed by atoms with Crippen LogP contribution in [0.3, 0.4) is 0 Å². The van der Waals surface area contributed by atoms with Crippen LogP contribution in [0.2, 0.25) is 0 Å². The molecule has 4 nitrogen and oxygen atoms in total. The van der Waals surface area contributed by atoms with Gasteiger partial charge in [0.2, 0.25) is 0 Å². The average Bonchev–Trinajstić information content (AvgIpc) is 2.61. The van der Waals surface area contributed by atoms with Crippen molar-refractivity contribution in [2.75, 3.05) is 17.7 Å². The number of hydrogen-bond donors (Lipinski definition) is 2. The lowest BCUT2D eigenvalue weighted by Gasteiger charge is -2.03. The monoisotopic (exact) mass is 304 g/mol. The fourth-order valence-electron chi connectivity index (χ4n) is 1.88. The second-order valence-corrected chi connectivity index (χ2v) is 4.68. The van der Waals surface area contributed by atoms with Crippen LogP contribution in [-0.4, -0.2) is 20.0 Å². The molecular weight excluding hydrogens is 284 g/mol. The van der Waals surface area contributed by atoms with E-state index in [4.69, 9.17) is 0 Å². The number of hydrogen-bond acceptors (Lipinski definition) is 4. The third-order valence-electron chi connectivity index (χ3n) is 3.04. The van der Waals surface area contributed by atoms with Crippen molar-refractivity contribution in [3.8, 4) is 0 Å². The molecular formula is C19H20N4. The van der Waals surface area contributed by atoms with Crippen molar-refractivity contribution in [3.05, 3.63) is 73.0 Å². The largest absolute Gasteiger partial charge is 0.388 e. The van der Waals surface area contributed by atoms with Crippen molar-refractivity contribution >= 4 is 35.7 Å². The molecule has 2 N–H and O–H groups in total. The highest BCUT2D eigenvalue weighted by molar-refractivity contribution is 5.75. The van der Waals surface area contributed by atoms with Crippen LogP contribution in [0, 0.1) is 0 Å². The van der Waals surface area contributed by atoms with Crippen molar-refractivity contribution in [1.82, 2.24) is 0 Å². The normalized spacial score (nSPS) is 11.3. The molecule has 0 atom stereocenters. The van der Waals surface area contributed by atoms with Gasteiger partial charge in [0, 0.05) is 30.8 Å². The SMILES string of the molecule is C=Nc1cccc(N=CC=CC=CNc2cccc(NC)c2)c1. The lowest BCUT2D eigenvalue weighted by Crippen LogP contribution is -1.90. The third-order valence-corrected chi connectivity index (χ3v) is 3.04. The molecule has 0 aliphatic rings. The Morgan fingerprint density at radius 1 is 0.913 bits per heavy atom. The molecule has 0 aliphatic heterocycles. The van der Waals surface area contributed by atoms with Crippen LogP contribution < -0.4 is 10.6 Å². The molecule has 0 amide bonds. The summed E-state index contributed by atoms with van der Waals surface area (Å²) in [4.78, 5) is 8.21. The molecule has 0 unspecified atom stereocenters. The second kappa shape index (κ2) is 9.00. The molecule has 0 heterocycles. The predicted molar refractivity (Wildman–Crippen MR) is 102 cm³/mol. The topological polar surface area (TPSA) is 48.8 Å². The summed E-state index contributed by atoms with van der Waals surface area (Å²) in [6, 6.07) is 15.7. The Bertz CT molecular complexity index is 730. The quantitative estimate of drug-likeness (QED) is 0.562. The Labute approximate surface area is 137 Å². The third kappa shape index (κ3) is 5.63. The number of benzene rings is 2. The summed E-state index contributed by atoms with van der Waals surface area (Å²) in [6.45, 7) is 3.50. The van der Waals surface area contributed by atoms with Crippen molar-refractivity contribution in [2.24, 2.45) is 9.98 Å². The van der Waals surface area contributed by atoms with Gasteiger partial charge in [-0.1, -0.05) is 18.2 Å². The van der Waals surface area contributed by atoms with E-state index in [9.17, 15) is 0 Å². The zero-order chi connectivity index (χ0) is 16.3. The Hall–Kier alpha value is -3.14. The first-order valence-electron chi connectivity index (χ1n) is 7.29. The van der Waals surface area contributed by atoms with Crippen LogP contribution in [0.15, 0.2) is 82.9 Å². The number of anilines is 2. The van der Waals surface area contributed by atoms with E-state index in [2.05, 4.69) is 27.3 Å². The molecule has 23 heavy (non-hydrogen) atoms. The van der Waals surface area contributed by atoms with E-state index in [0.717, 1.165) is 22.7 Å². The van der Waals surface area contributed by atoms with Gasteiger partial charge in [-0.2, -0.15) is 0 Å². The number of rotatable bonds is 7. The summed E-state index contributed by atoms with van der Waals surface area (Å²) in [5.74, 6) is 0. The summed E-state index contributed by atoms with van der Waals surface area (Å²) in [5, 5.41) is 6.31. The molecule has 4 heteroatoms. The first kappa shape index (κ1) is 16.2. The highest BCUT2D eigenvalue weighted by Crippen LogP contribution is 2.19. The molecule has 2 aromatic rings. The maximum atomic E-state index is 4.33. The van der Waals surface area contributed by atoms with E-state index in [1.54, 1.807) is 6.21 Å². The summed E-state index contributed by atoms with van der Waals surface area (Å²) >= 11 is 0. The van der Waals surface area contributed by atoms with Gasteiger partial charge in [-0.3, -0.25) is 9.98 Å². The van der Waals surface area contributed by atoms with Crippen molar-refractivity contribution < 1.29 is 0 Å². The van der Waals surface area contributed by atoms with E-state index in [1.807, 2.05) is 80.0 Å². The van der Waals surface area contributed by atoms with Crippen LogP contribution >= 0.6 is 0 Å². The van der Waals surface area contributed by atoms with Crippen molar-refractivity contribution in [3.63, 3.8) is 0 Å². The second-order valence-electron chi connectivity index (χ2n) is 4.68. The van der Waals surface area contributed by atoms with Gasteiger partial charge < -0.3 is 10.6 Å². The van der Waals surface area contributed by atoms with E-state index in [0.29, 0.717) is 0 Å². The summed E-state index contributed by atoms with van der Waals surface area (Å²) < 4.78 is 0. The zero-order valence-corrected chi connectivity index (χ0v) is 13.1. The number of aliphatic imine (C=N–C) groups is 2. The van der Waals surface area contributed by atoms with Crippen LogP contribution in [0.1, 0.15) is 0 Å². The molecule has 0 saturated carbocycles. The van der Waals surface area contributed by atoms with E-state index in [1.165, 1.54) is 0 Å². The van der Waals surface area contributed by atoms with Gasteiger partial charge in [0.25, 0.3) is 0 Å². The average molecular weight is 304 g/mol. The Morgan fingerprint density at radius 3 is 2.52 bits per heavy atom. The van der Waals surface area contributed by atoms with Gasteiger partial charge in [0.15, 0.2) is 0 Å². The van der Waals surface area contributed by atoms with Crippen molar-refractivity contribution in [2.45, 2.75) is 0 Å². The van der Waals surface area contributed by atoms with Gasteiger partial charge in [-0.25, -0.2) is 0 Å². The molecule has 0 aliphatic carbocycles. The Morgan fingerprint density at radius 2 is 1.70 bits per heavy atom. The molecule has 0 saturated heterocycles. The van der Waals surface area contributed by atoms with Gasteiger partial charge in [-0.15, -0.1) is 0 Å². The fourth-order valence-corrected chi connectivity index (χ4v) is 1.88. The van der Waals surface area contributed by atoms with E-state index >= 15 is 0 Å². The smallest absolute Gasteiger partial charge is 0.0651 e. The van der Waals surface area contributed by atoms with Crippen LogP contribution in [0.4, 0.5) is 22.7 Å². The molecule has 2 rings (SSSR count). The molecule has 2 aromatic carbocycles. The van der Waals surface area contributed by atoms with Gasteiger partial charge in [0.1, 0.15) is 0 Å². The van der Waals surface area contributed by atoms with Gasteiger partial charge >= 0.3 is 0 Å². The Balaban J connectivity index is 1.83. The first-order valence-corrected chi connectivity index (χ1v) is 7.29. The number of nitrogens with one attached hydrogen (secondary N) is 2. The molecule has 0 fully saturated rings. The van der Waals surface area contributed by atoms with E-state index in [-0.39, 0.29) is 0 Å². The minimum absolute atomic E-state index is 0.816. The van der Waals surface area contributed by atoms with Crippen LogP contribution in [0.25, 0.3) is 0 Å². The highest BCUT2D eigenvalue weighted by Gasteiger charge is 1.90. The summed E-state index contributed by atoms with van der Waals surface area (Å²) in [7, 11) is 1.90. The Kier molecular flexibility index (Phi) is 6.35. The van der Waals surface area contributed by atoms with Gasteiger partial charge in [0.05, 0.1) is 11.4 Å². The number of nitrogens with zero attached hydrogens (tertiary/aromatic N) is 2. The first-order chi connectivity index (χ1) is 11.3. The number of allylic oxidation sites excluding steroid dienone is 3. The van der Waals surface area contributed by atoms with Crippen LogP contribution in [0.5, 0.6) is 0 Å². The maximum Gasteiger partial charge on any atom is 0.0651 e. The molecule has 0 aromatic heterocycles. The molecule has 0 bridgehead atoms. The predicted octanol–water partition coefficient (Wildman–Crippen LogP) is 4.94. The molecule has 0 radical (unpaired) electrons. The van der Waals surface area contributed by atoms with E-state index < -0.39 is 0 Å². The lowest BCUT2D eigenvalue weighted by atomic mass is 10.3. The summed E-state index contributed by atoms with van der Waals surface area (Å²) in [6.07, 6.45) is 9.32. The lowest BCUT2D eigenvalue weighted by molar-refractivity contribution is 1.49. The van der Waals surface area contributed by atoms with Crippen LogP contribution in [-0.2, 0) is 0 Å². The highest BCUT2D eigenvalue weighted by atomic mass is 14.9. The minimum atomic E-state index is 0.816. The summed E-state index contributed by atoms with van der Waals surface area (Å²) in [5.41, 5.74) is 3.77. The van der Waals surface area contributed by atoms with Gasteiger partial charge in [-0.05, 0) is 55.3 Å².